The topological polar surface area (TPSA) is 112 Å². The number of para-hydroxylation sites is 1. The van der Waals surface area contributed by atoms with Gasteiger partial charge in [0.1, 0.15) is 17.5 Å². The molecule has 0 fully saturated rings. The second kappa shape index (κ2) is 11.6. The van der Waals surface area contributed by atoms with Crippen LogP contribution < -0.4 is 10.1 Å². The highest BCUT2D eigenvalue weighted by Crippen LogP contribution is 2.33. The Balaban J connectivity index is 1.55. The molecule has 1 atom stereocenters. The molecule has 188 valence electrons. The van der Waals surface area contributed by atoms with Crippen molar-refractivity contribution in [3.63, 3.8) is 0 Å². The van der Waals surface area contributed by atoms with Gasteiger partial charge in [-0.2, -0.15) is 5.10 Å². The van der Waals surface area contributed by atoms with Crippen LogP contribution in [0.1, 0.15) is 67.9 Å². The van der Waals surface area contributed by atoms with Crippen molar-refractivity contribution in [3.05, 3.63) is 60.4 Å². The number of nitrogens with one attached hydrogen (secondary N) is 1. The second-order valence-corrected chi connectivity index (χ2v) is 8.69. The van der Waals surface area contributed by atoms with Crippen molar-refractivity contribution in [3.8, 4) is 17.2 Å². The fourth-order valence-electron chi connectivity index (χ4n) is 4.05. The average molecular weight is 490 g/mol. The SMILES string of the molecule is CCC(=O)CCCCC[C@H](NC(=O)c1ccn(C)n1)c1ncc(-c2cc3ccccc3nc2OC)o1. The molecule has 0 saturated carbocycles. The first-order valence-corrected chi connectivity index (χ1v) is 12.2. The largest absolute Gasteiger partial charge is 0.480 e. The molecule has 0 aliphatic heterocycles. The number of pyridine rings is 1. The number of hydrogen-bond donors (Lipinski definition) is 1. The summed E-state index contributed by atoms with van der Waals surface area (Å²) in [6.45, 7) is 1.88. The van der Waals surface area contributed by atoms with Gasteiger partial charge in [0, 0.05) is 31.5 Å². The molecule has 3 aromatic heterocycles. The number of oxazole rings is 1. The maximum absolute atomic E-state index is 12.9. The molecule has 0 aliphatic carbocycles. The van der Waals surface area contributed by atoms with Gasteiger partial charge in [0.05, 0.1) is 24.4 Å². The Morgan fingerprint density at radius 2 is 2.00 bits per heavy atom. The lowest BCUT2D eigenvalue weighted by molar-refractivity contribution is -0.118. The smallest absolute Gasteiger partial charge is 0.272 e. The second-order valence-electron chi connectivity index (χ2n) is 8.69. The Labute approximate surface area is 209 Å². The van der Waals surface area contributed by atoms with Crippen molar-refractivity contribution in [1.82, 2.24) is 25.1 Å². The fourth-order valence-corrected chi connectivity index (χ4v) is 4.05. The average Bonchev–Trinajstić information content (AvgIpc) is 3.56. The zero-order chi connectivity index (χ0) is 25.5. The number of unbranched alkanes of at least 4 members (excludes halogenated alkanes) is 2. The number of methoxy groups -OCH3 is 1. The van der Waals surface area contributed by atoms with Crippen LogP contribution in [0, 0.1) is 0 Å². The summed E-state index contributed by atoms with van der Waals surface area (Å²) in [5.74, 6) is 1.31. The van der Waals surface area contributed by atoms with E-state index >= 15 is 0 Å². The number of Topliss-reactive ketones (excluding diaryl/α,β-unsaturated/α-hetero) is 1. The van der Waals surface area contributed by atoms with Gasteiger partial charge in [-0.1, -0.05) is 38.0 Å². The Morgan fingerprint density at radius 3 is 2.75 bits per heavy atom. The Bertz CT molecular complexity index is 1340. The first-order chi connectivity index (χ1) is 17.5. The molecule has 3 heterocycles. The van der Waals surface area contributed by atoms with E-state index in [4.69, 9.17) is 9.15 Å². The van der Waals surface area contributed by atoms with E-state index in [1.54, 1.807) is 37.3 Å². The number of ether oxygens (including phenoxy) is 1. The van der Waals surface area contributed by atoms with Crippen LogP contribution in [0.2, 0.25) is 0 Å². The van der Waals surface area contributed by atoms with Crippen LogP contribution in [0.25, 0.3) is 22.2 Å². The quantitative estimate of drug-likeness (QED) is 0.278. The van der Waals surface area contributed by atoms with Crippen molar-refractivity contribution >= 4 is 22.6 Å². The lowest BCUT2D eigenvalue weighted by Crippen LogP contribution is -2.29. The lowest BCUT2D eigenvalue weighted by atomic mass is 10.0. The number of ketones is 1. The van der Waals surface area contributed by atoms with Crippen LogP contribution in [-0.2, 0) is 11.8 Å². The highest BCUT2D eigenvalue weighted by atomic mass is 16.5. The van der Waals surface area contributed by atoms with Gasteiger partial charge in [-0.3, -0.25) is 14.3 Å². The normalized spacial score (nSPS) is 12.0. The van der Waals surface area contributed by atoms with E-state index in [0.717, 1.165) is 30.2 Å². The summed E-state index contributed by atoms with van der Waals surface area (Å²) in [7, 11) is 3.33. The molecule has 0 bridgehead atoms. The molecular formula is C27H31N5O4. The standard InChI is InChI=1S/C27H31N5O4/c1-4-19(33)11-6-5-7-13-23(29-25(34)22-14-15-32(2)31-22)27-28-17-24(36-27)20-16-18-10-8-9-12-21(18)30-26(20)35-3/h8-10,12,14-17,23H,4-7,11,13H2,1-3H3,(H,29,34)/t23-/m0/s1. The first kappa shape index (κ1) is 25.1. The van der Waals surface area contributed by atoms with E-state index in [9.17, 15) is 9.59 Å². The fraction of sp³-hybridized carbons (Fsp3) is 0.370. The van der Waals surface area contributed by atoms with Gasteiger partial charge in [0.2, 0.25) is 11.8 Å². The van der Waals surface area contributed by atoms with Crippen LogP contribution in [0.5, 0.6) is 5.88 Å². The number of benzene rings is 1. The van der Waals surface area contributed by atoms with E-state index in [2.05, 4.69) is 20.4 Å². The third-order valence-electron chi connectivity index (χ3n) is 6.06. The third kappa shape index (κ3) is 5.97. The zero-order valence-electron chi connectivity index (χ0n) is 20.9. The number of aromatic nitrogens is 4. The number of rotatable bonds is 12. The minimum absolute atomic E-state index is 0.269. The van der Waals surface area contributed by atoms with Gasteiger partial charge in [-0.15, -0.1) is 0 Å². The summed E-state index contributed by atoms with van der Waals surface area (Å²) in [4.78, 5) is 33.5. The maximum atomic E-state index is 12.9. The van der Waals surface area contributed by atoms with Crippen LogP contribution >= 0.6 is 0 Å². The van der Waals surface area contributed by atoms with E-state index in [1.165, 1.54) is 0 Å². The van der Waals surface area contributed by atoms with Crippen molar-refractivity contribution < 1.29 is 18.7 Å². The molecule has 1 aromatic carbocycles. The van der Waals surface area contributed by atoms with E-state index < -0.39 is 6.04 Å². The van der Waals surface area contributed by atoms with Gasteiger partial charge in [-0.05, 0) is 31.0 Å². The maximum Gasteiger partial charge on any atom is 0.272 e. The van der Waals surface area contributed by atoms with Crippen LogP contribution in [0.4, 0.5) is 0 Å². The molecule has 0 saturated heterocycles. The van der Waals surface area contributed by atoms with Crippen molar-refractivity contribution in [2.75, 3.05) is 7.11 Å². The van der Waals surface area contributed by atoms with Gasteiger partial charge in [0.15, 0.2) is 5.76 Å². The van der Waals surface area contributed by atoms with Crippen molar-refractivity contribution in [2.24, 2.45) is 7.05 Å². The molecular weight excluding hydrogens is 458 g/mol. The molecule has 0 aliphatic rings. The minimum atomic E-state index is -0.449. The Morgan fingerprint density at radius 1 is 1.17 bits per heavy atom. The van der Waals surface area contributed by atoms with Crippen molar-refractivity contribution in [2.45, 2.75) is 51.5 Å². The molecule has 0 unspecified atom stereocenters. The summed E-state index contributed by atoms with van der Waals surface area (Å²) in [6.07, 6.45) is 7.62. The lowest BCUT2D eigenvalue weighted by Gasteiger charge is -2.15. The van der Waals surface area contributed by atoms with Gasteiger partial charge >= 0.3 is 0 Å². The van der Waals surface area contributed by atoms with E-state index in [1.807, 2.05) is 37.3 Å². The Kier molecular flexibility index (Phi) is 8.10. The molecule has 4 rings (SSSR count). The number of aryl methyl sites for hydroxylation is 1. The molecule has 1 amide bonds. The highest BCUT2D eigenvalue weighted by Gasteiger charge is 2.23. The summed E-state index contributed by atoms with van der Waals surface area (Å²) in [6, 6.07) is 10.9. The zero-order valence-corrected chi connectivity index (χ0v) is 20.9. The summed E-state index contributed by atoms with van der Waals surface area (Å²) in [5.41, 5.74) is 1.82. The minimum Gasteiger partial charge on any atom is -0.480 e. The molecule has 1 N–H and O–H groups in total. The molecule has 0 radical (unpaired) electrons. The molecule has 4 aromatic rings. The summed E-state index contributed by atoms with van der Waals surface area (Å²) < 4.78 is 13.2. The number of hydrogen-bond acceptors (Lipinski definition) is 7. The van der Waals surface area contributed by atoms with E-state index in [-0.39, 0.29) is 11.7 Å². The third-order valence-corrected chi connectivity index (χ3v) is 6.06. The van der Waals surface area contributed by atoms with Gasteiger partial charge in [0.25, 0.3) is 5.91 Å². The monoisotopic (exact) mass is 489 g/mol. The number of amides is 1. The number of nitrogens with zero attached hydrogens (tertiary/aromatic N) is 4. The van der Waals surface area contributed by atoms with Gasteiger partial charge < -0.3 is 14.5 Å². The molecule has 0 spiro atoms. The molecule has 9 nitrogen and oxygen atoms in total. The van der Waals surface area contributed by atoms with Crippen LogP contribution in [0.3, 0.4) is 0 Å². The summed E-state index contributed by atoms with van der Waals surface area (Å²) in [5, 5.41) is 8.16. The Hall–Kier alpha value is -4.01. The summed E-state index contributed by atoms with van der Waals surface area (Å²) >= 11 is 0. The van der Waals surface area contributed by atoms with Gasteiger partial charge in [-0.25, -0.2) is 9.97 Å². The number of carbonyl (C=O) groups excluding carboxylic acids is 2. The highest BCUT2D eigenvalue weighted by molar-refractivity contribution is 5.92. The molecule has 36 heavy (non-hydrogen) atoms. The predicted octanol–water partition coefficient (Wildman–Crippen LogP) is 5.03. The first-order valence-electron chi connectivity index (χ1n) is 12.2. The van der Waals surface area contributed by atoms with Crippen LogP contribution in [0.15, 0.2) is 53.2 Å². The number of carbonyl (C=O) groups is 2. The van der Waals surface area contributed by atoms with E-state index in [0.29, 0.717) is 48.1 Å². The van der Waals surface area contributed by atoms with Crippen LogP contribution in [-0.4, -0.2) is 38.5 Å². The van der Waals surface area contributed by atoms with Crippen molar-refractivity contribution in [1.29, 1.82) is 0 Å². The molecule has 9 heteroatoms. The predicted molar refractivity (Wildman–Crippen MR) is 136 cm³/mol. The number of fused-ring (bicyclic) bond motifs is 1.